The highest BCUT2D eigenvalue weighted by Crippen LogP contribution is 2.18. The molecular formula is C23H37N3O4. The first-order valence-corrected chi connectivity index (χ1v) is 11.3. The van der Waals surface area contributed by atoms with Crippen molar-refractivity contribution in [3.8, 4) is 5.75 Å². The SMILES string of the molecule is COc1ccccc1COCC(O)CN1CCN(CC(=O)N2CCCCCC2)CC1. The second-order valence-corrected chi connectivity index (χ2v) is 8.35. The van der Waals surface area contributed by atoms with E-state index in [-0.39, 0.29) is 5.91 Å². The van der Waals surface area contributed by atoms with Crippen LogP contribution in [-0.4, -0.2) is 97.9 Å². The molecule has 0 spiro atoms. The summed E-state index contributed by atoms with van der Waals surface area (Å²) in [7, 11) is 1.65. The number of aliphatic hydroxyl groups excluding tert-OH is 1. The van der Waals surface area contributed by atoms with E-state index in [0.717, 1.165) is 63.4 Å². The fourth-order valence-corrected chi connectivity index (χ4v) is 4.22. The van der Waals surface area contributed by atoms with Crippen LogP contribution in [0.25, 0.3) is 0 Å². The average Bonchev–Trinajstić information content (AvgIpc) is 3.05. The quantitative estimate of drug-likeness (QED) is 0.656. The number of piperazine rings is 1. The molecule has 2 fully saturated rings. The van der Waals surface area contributed by atoms with Gasteiger partial charge in [0, 0.05) is 51.4 Å². The summed E-state index contributed by atoms with van der Waals surface area (Å²) < 4.78 is 11.0. The van der Waals surface area contributed by atoms with Gasteiger partial charge in [-0.05, 0) is 18.9 Å². The lowest BCUT2D eigenvalue weighted by Gasteiger charge is -2.36. The standard InChI is InChI=1S/C23H37N3O4/c1-29-22-9-5-4-8-20(22)18-30-19-21(27)16-24-12-14-25(15-13-24)17-23(28)26-10-6-2-3-7-11-26/h4-5,8-9,21,27H,2-3,6-7,10-19H2,1H3. The van der Waals surface area contributed by atoms with E-state index in [9.17, 15) is 9.90 Å². The summed E-state index contributed by atoms with van der Waals surface area (Å²) in [6, 6.07) is 7.76. The Balaban J connectivity index is 1.31. The highest BCUT2D eigenvalue weighted by atomic mass is 16.5. The van der Waals surface area contributed by atoms with Gasteiger partial charge < -0.3 is 19.5 Å². The highest BCUT2D eigenvalue weighted by Gasteiger charge is 2.23. The second kappa shape index (κ2) is 12.2. The van der Waals surface area contributed by atoms with Crippen LogP contribution in [0.3, 0.4) is 0 Å². The van der Waals surface area contributed by atoms with E-state index < -0.39 is 6.10 Å². The van der Waals surface area contributed by atoms with Crippen LogP contribution in [0.5, 0.6) is 5.75 Å². The van der Waals surface area contributed by atoms with E-state index in [1.165, 1.54) is 12.8 Å². The third kappa shape index (κ3) is 7.23. The van der Waals surface area contributed by atoms with E-state index in [2.05, 4.69) is 9.80 Å². The molecule has 2 aliphatic heterocycles. The van der Waals surface area contributed by atoms with Crippen molar-refractivity contribution in [3.05, 3.63) is 29.8 Å². The molecule has 1 N–H and O–H groups in total. The third-order valence-electron chi connectivity index (χ3n) is 6.01. The monoisotopic (exact) mass is 419 g/mol. The molecule has 1 aromatic carbocycles. The summed E-state index contributed by atoms with van der Waals surface area (Å²) >= 11 is 0. The van der Waals surface area contributed by atoms with Gasteiger partial charge in [-0.1, -0.05) is 31.0 Å². The first-order valence-electron chi connectivity index (χ1n) is 11.3. The van der Waals surface area contributed by atoms with E-state index in [0.29, 0.717) is 26.3 Å². The summed E-state index contributed by atoms with van der Waals surface area (Å²) in [6.45, 7) is 7.16. The number of carbonyl (C=O) groups is 1. The number of ether oxygens (including phenoxy) is 2. The Bertz CT molecular complexity index is 641. The molecule has 2 aliphatic rings. The van der Waals surface area contributed by atoms with E-state index >= 15 is 0 Å². The number of nitrogens with zero attached hydrogens (tertiary/aromatic N) is 3. The smallest absolute Gasteiger partial charge is 0.236 e. The van der Waals surface area contributed by atoms with Gasteiger partial charge in [-0.25, -0.2) is 0 Å². The van der Waals surface area contributed by atoms with Crippen LogP contribution < -0.4 is 4.74 Å². The third-order valence-corrected chi connectivity index (χ3v) is 6.01. The van der Waals surface area contributed by atoms with Gasteiger partial charge in [-0.3, -0.25) is 14.6 Å². The molecule has 0 aromatic heterocycles. The van der Waals surface area contributed by atoms with Crippen molar-refractivity contribution in [1.29, 1.82) is 0 Å². The average molecular weight is 420 g/mol. The van der Waals surface area contributed by atoms with Gasteiger partial charge in [0.15, 0.2) is 0 Å². The zero-order valence-electron chi connectivity index (χ0n) is 18.3. The molecule has 1 amide bonds. The molecule has 0 saturated carbocycles. The molecule has 168 valence electrons. The van der Waals surface area contributed by atoms with Crippen LogP contribution in [0.15, 0.2) is 24.3 Å². The molecule has 7 nitrogen and oxygen atoms in total. The van der Waals surface area contributed by atoms with Crippen LogP contribution in [0, 0.1) is 0 Å². The number of β-amino-alcohol motifs (C(OH)–C–C–N with tert-alkyl or cyclic N) is 1. The largest absolute Gasteiger partial charge is 0.496 e. The molecule has 2 heterocycles. The maximum atomic E-state index is 12.6. The summed E-state index contributed by atoms with van der Waals surface area (Å²) in [6.07, 6.45) is 4.23. The van der Waals surface area contributed by atoms with Crippen LogP contribution >= 0.6 is 0 Å². The van der Waals surface area contributed by atoms with Crippen molar-refractivity contribution in [1.82, 2.24) is 14.7 Å². The summed E-state index contributed by atoms with van der Waals surface area (Å²) in [5.41, 5.74) is 0.981. The Hall–Kier alpha value is -1.67. The van der Waals surface area contributed by atoms with E-state index in [1.54, 1.807) is 7.11 Å². The zero-order chi connectivity index (χ0) is 21.2. The van der Waals surface area contributed by atoms with Crippen molar-refractivity contribution >= 4 is 5.91 Å². The first-order chi connectivity index (χ1) is 14.7. The Morgan fingerprint density at radius 2 is 1.67 bits per heavy atom. The molecule has 3 rings (SSSR count). The number of likely N-dealkylation sites (tertiary alicyclic amines) is 1. The van der Waals surface area contributed by atoms with E-state index in [1.807, 2.05) is 29.2 Å². The molecule has 0 aliphatic carbocycles. The van der Waals surface area contributed by atoms with Gasteiger partial charge in [-0.15, -0.1) is 0 Å². The van der Waals surface area contributed by atoms with Crippen molar-refractivity contribution in [2.75, 3.05) is 66.1 Å². The van der Waals surface area contributed by atoms with Gasteiger partial charge in [-0.2, -0.15) is 0 Å². The molecule has 2 saturated heterocycles. The molecular weight excluding hydrogens is 382 g/mol. The minimum Gasteiger partial charge on any atom is -0.496 e. The maximum absolute atomic E-state index is 12.6. The topological polar surface area (TPSA) is 65.5 Å². The fraction of sp³-hybridized carbons (Fsp3) is 0.696. The zero-order valence-corrected chi connectivity index (χ0v) is 18.3. The molecule has 0 bridgehead atoms. The number of benzene rings is 1. The van der Waals surface area contributed by atoms with E-state index in [4.69, 9.17) is 9.47 Å². The van der Waals surface area contributed by atoms with Crippen molar-refractivity contribution in [2.24, 2.45) is 0 Å². The molecule has 0 radical (unpaired) electrons. The normalized spacial score (nSPS) is 20.0. The number of aliphatic hydroxyl groups is 1. The van der Waals surface area contributed by atoms with Crippen LogP contribution in [-0.2, 0) is 16.1 Å². The molecule has 30 heavy (non-hydrogen) atoms. The number of para-hydroxylation sites is 1. The first kappa shape index (κ1) is 23.0. The predicted octanol–water partition coefficient (Wildman–Crippen LogP) is 1.59. The van der Waals surface area contributed by atoms with Crippen molar-refractivity contribution in [3.63, 3.8) is 0 Å². The summed E-state index contributed by atoms with van der Waals surface area (Å²) in [5.74, 6) is 1.08. The molecule has 1 atom stereocenters. The number of hydrogen-bond acceptors (Lipinski definition) is 6. The van der Waals surface area contributed by atoms with Gasteiger partial charge >= 0.3 is 0 Å². The highest BCUT2D eigenvalue weighted by molar-refractivity contribution is 5.78. The van der Waals surface area contributed by atoms with Gasteiger partial charge in [0.1, 0.15) is 5.75 Å². The minimum atomic E-state index is -0.523. The fourth-order valence-electron chi connectivity index (χ4n) is 4.22. The van der Waals surface area contributed by atoms with Crippen LogP contribution in [0.4, 0.5) is 0 Å². The van der Waals surface area contributed by atoms with Crippen molar-refractivity contribution in [2.45, 2.75) is 38.4 Å². The number of carbonyl (C=O) groups excluding carboxylic acids is 1. The van der Waals surface area contributed by atoms with Gasteiger partial charge in [0.2, 0.25) is 5.91 Å². The minimum absolute atomic E-state index is 0.273. The van der Waals surface area contributed by atoms with Crippen molar-refractivity contribution < 1.29 is 19.4 Å². The predicted molar refractivity (Wildman–Crippen MR) is 117 cm³/mol. The number of methoxy groups -OCH3 is 1. The summed E-state index contributed by atoms with van der Waals surface area (Å²) in [5, 5.41) is 10.3. The Morgan fingerprint density at radius 1 is 1.00 bits per heavy atom. The van der Waals surface area contributed by atoms with Gasteiger partial charge in [0.05, 0.1) is 33.0 Å². The molecule has 7 heteroatoms. The lowest BCUT2D eigenvalue weighted by molar-refractivity contribution is -0.132. The number of amides is 1. The van der Waals surface area contributed by atoms with Crippen LogP contribution in [0.1, 0.15) is 31.2 Å². The Morgan fingerprint density at radius 3 is 2.37 bits per heavy atom. The Labute approximate surface area is 180 Å². The maximum Gasteiger partial charge on any atom is 0.236 e. The number of rotatable bonds is 9. The molecule has 1 aromatic rings. The molecule has 1 unspecified atom stereocenters. The lowest BCUT2D eigenvalue weighted by atomic mass is 10.2. The lowest BCUT2D eigenvalue weighted by Crippen LogP contribution is -2.51. The van der Waals surface area contributed by atoms with Gasteiger partial charge in [0.25, 0.3) is 0 Å². The number of hydrogen-bond donors (Lipinski definition) is 1. The second-order valence-electron chi connectivity index (χ2n) is 8.35. The van der Waals surface area contributed by atoms with Crippen LogP contribution in [0.2, 0.25) is 0 Å². The Kier molecular flexibility index (Phi) is 9.39. The summed E-state index contributed by atoms with van der Waals surface area (Å²) in [4.78, 5) is 19.1.